The summed E-state index contributed by atoms with van der Waals surface area (Å²) in [6.07, 6.45) is 20.7. The quantitative estimate of drug-likeness (QED) is 0.366. The summed E-state index contributed by atoms with van der Waals surface area (Å²) in [4.78, 5) is 25.3. The minimum Gasteiger partial charge on any atom is -0.326 e. The van der Waals surface area contributed by atoms with Crippen LogP contribution in [0.4, 0.5) is 5.82 Å². The first-order chi connectivity index (χ1) is 17.5. The number of pyridine rings is 1. The fraction of sp³-hybridized carbons (Fsp3) is 0.406. The highest BCUT2D eigenvalue weighted by Crippen LogP contribution is 2.55. The predicted octanol–water partition coefficient (Wildman–Crippen LogP) is 7.62. The lowest BCUT2D eigenvalue weighted by molar-refractivity contribution is -0.115. The van der Waals surface area contributed by atoms with Crippen LogP contribution in [0.25, 0.3) is 10.8 Å². The molecule has 0 N–H and O–H groups in total. The number of hydrogen-bond donors (Lipinski definition) is 0. The van der Waals surface area contributed by atoms with E-state index in [0.717, 1.165) is 50.1 Å². The Balaban J connectivity index is 1.73. The molecule has 2 aromatic rings. The summed E-state index contributed by atoms with van der Waals surface area (Å²) in [6.45, 7) is 9.02. The Kier molecular flexibility index (Phi) is 6.79. The second kappa shape index (κ2) is 10.0. The van der Waals surface area contributed by atoms with Gasteiger partial charge in [-0.25, -0.2) is 9.98 Å². The second-order valence-electron chi connectivity index (χ2n) is 10.5. The summed E-state index contributed by atoms with van der Waals surface area (Å²) in [5.41, 5.74) is 3.89. The maximum atomic E-state index is 13.1. The van der Waals surface area contributed by atoms with Crippen LogP contribution in [0.1, 0.15) is 71.8 Å². The van der Waals surface area contributed by atoms with E-state index in [0.29, 0.717) is 5.70 Å². The smallest absolute Gasteiger partial charge is 0.193 e. The van der Waals surface area contributed by atoms with Crippen molar-refractivity contribution in [3.05, 3.63) is 83.9 Å². The number of nitrogens with zero attached hydrogens (tertiary/aromatic N) is 3. The number of unbranched alkanes of at least 4 members (excludes halogenated alkanes) is 2. The Morgan fingerprint density at radius 1 is 1.06 bits per heavy atom. The van der Waals surface area contributed by atoms with Crippen LogP contribution in [0.15, 0.2) is 83.3 Å². The van der Waals surface area contributed by atoms with Crippen molar-refractivity contribution >= 4 is 28.1 Å². The van der Waals surface area contributed by atoms with E-state index in [-0.39, 0.29) is 23.2 Å². The number of Topliss-reactive ketones (excluding diaryl/α,β-unsaturated/α-hetero) is 1. The number of aromatic nitrogens is 1. The molecule has 1 atom stereocenters. The third-order valence-corrected chi connectivity index (χ3v) is 7.85. The number of carbonyl (C=O) groups is 1. The zero-order chi connectivity index (χ0) is 25.3. The molecule has 0 fully saturated rings. The van der Waals surface area contributed by atoms with Gasteiger partial charge in [0.1, 0.15) is 11.5 Å². The van der Waals surface area contributed by atoms with Crippen LogP contribution < -0.4 is 4.90 Å². The SMILES string of the molecule is CCCCC1(CCCC)/C(=C\C=C2/N=C3C=CC=CC3C2=O)N(C(C)C)c2ncc3ccccc3c21. The second-order valence-corrected chi connectivity index (χ2v) is 10.5. The largest absolute Gasteiger partial charge is 0.326 e. The highest BCUT2D eigenvalue weighted by atomic mass is 16.1. The zero-order valence-corrected chi connectivity index (χ0v) is 22.0. The van der Waals surface area contributed by atoms with Crippen LogP contribution in [0.2, 0.25) is 0 Å². The Hall–Kier alpha value is -3.27. The van der Waals surface area contributed by atoms with E-state index in [2.05, 4.69) is 62.9 Å². The molecule has 5 rings (SSSR count). The van der Waals surface area contributed by atoms with E-state index >= 15 is 0 Å². The summed E-state index contributed by atoms with van der Waals surface area (Å²) in [6, 6.07) is 8.92. The molecule has 0 bridgehead atoms. The van der Waals surface area contributed by atoms with Gasteiger partial charge in [0.15, 0.2) is 5.78 Å². The number of rotatable bonds is 8. The van der Waals surface area contributed by atoms with Crippen molar-refractivity contribution in [1.82, 2.24) is 4.98 Å². The van der Waals surface area contributed by atoms with Crippen LogP contribution in [-0.4, -0.2) is 22.5 Å². The van der Waals surface area contributed by atoms with Gasteiger partial charge in [-0.15, -0.1) is 0 Å². The number of benzene rings is 1. The van der Waals surface area contributed by atoms with Crippen molar-refractivity contribution in [3.8, 4) is 0 Å². The van der Waals surface area contributed by atoms with Gasteiger partial charge < -0.3 is 4.90 Å². The van der Waals surface area contributed by atoms with Crippen LogP contribution in [0.3, 0.4) is 0 Å². The molecule has 2 aliphatic heterocycles. The van der Waals surface area contributed by atoms with Gasteiger partial charge in [-0.1, -0.05) is 82.0 Å². The van der Waals surface area contributed by atoms with Crippen molar-refractivity contribution in [1.29, 1.82) is 0 Å². The average Bonchev–Trinajstić information content (AvgIpc) is 3.37. The van der Waals surface area contributed by atoms with Gasteiger partial charge in [-0.2, -0.15) is 0 Å². The number of ketones is 1. The number of aliphatic imine (C=N–C) groups is 1. The molecule has 0 radical (unpaired) electrons. The van der Waals surface area contributed by atoms with E-state index in [1.54, 1.807) is 0 Å². The lowest BCUT2D eigenvalue weighted by atomic mass is 9.71. The van der Waals surface area contributed by atoms with Gasteiger partial charge in [0, 0.05) is 34.3 Å². The van der Waals surface area contributed by atoms with Gasteiger partial charge in [0.25, 0.3) is 0 Å². The molecule has 3 aliphatic rings. The molecule has 0 saturated heterocycles. The first-order valence-corrected chi connectivity index (χ1v) is 13.6. The number of fused-ring (bicyclic) bond motifs is 4. The molecule has 3 heterocycles. The molecular weight excluding hydrogens is 442 g/mol. The van der Waals surface area contributed by atoms with Crippen molar-refractivity contribution in [3.63, 3.8) is 0 Å². The van der Waals surface area contributed by atoms with Crippen molar-refractivity contribution in [2.45, 2.75) is 77.7 Å². The molecule has 36 heavy (non-hydrogen) atoms. The third kappa shape index (κ3) is 3.97. The van der Waals surface area contributed by atoms with Gasteiger partial charge >= 0.3 is 0 Å². The van der Waals surface area contributed by atoms with Crippen LogP contribution in [0, 0.1) is 5.92 Å². The normalized spacial score (nSPS) is 22.2. The topological polar surface area (TPSA) is 45.6 Å². The van der Waals surface area contributed by atoms with Crippen molar-refractivity contribution in [2.75, 3.05) is 4.90 Å². The van der Waals surface area contributed by atoms with E-state index < -0.39 is 0 Å². The highest BCUT2D eigenvalue weighted by molar-refractivity contribution is 6.23. The highest BCUT2D eigenvalue weighted by Gasteiger charge is 2.48. The summed E-state index contributed by atoms with van der Waals surface area (Å²) in [5.74, 6) is 0.923. The average molecular weight is 480 g/mol. The minimum atomic E-state index is -0.239. The third-order valence-electron chi connectivity index (χ3n) is 7.85. The molecule has 0 saturated carbocycles. The lowest BCUT2D eigenvalue weighted by Crippen LogP contribution is -2.35. The van der Waals surface area contributed by atoms with Crippen LogP contribution in [0.5, 0.6) is 0 Å². The first kappa shape index (κ1) is 24.4. The molecule has 186 valence electrons. The summed E-state index contributed by atoms with van der Waals surface area (Å²) >= 11 is 0. The molecule has 4 heteroatoms. The van der Waals surface area contributed by atoms with Gasteiger partial charge in [-0.05, 0) is 50.3 Å². The molecule has 0 amide bonds. The van der Waals surface area contributed by atoms with Crippen molar-refractivity contribution in [2.24, 2.45) is 10.9 Å². The van der Waals surface area contributed by atoms with Gasteiger partial charge in [0.2, 0.25) is 0 Å². The maximum absolute atomic E-state index is 13.1. The van der Waals surface area contributed by atoms with Crippen LogP contribution in [-0.2, 0) is 10.2 Å². The maximum Gasteiger partial charge on any atom is 0.193 e. The molecule has 0 spiro atoms. The Labute approximate surface area is 215 Å². The van der Waals surface area contributed by atoms with E-state index in [1.807, 2.05) is 36.6 Å². The monoisotopic (exact) mass is 479 g/mol. The fourth-order valence-electron chi connectivity index (χ4n) is 6.12. The molecule has 1 aromatic heterocycles. The van der Waals surface area contributed by atoms with Gasteiger partial charge in [0.05, 0.1) is 11.6 Å². The van der Waals surface area contributed by atoms with E-state index in [1.165, 1.54) is 22.0 Å². The standard InChI is InChI=1S/C32H37N3O/c1-5-7-19-32(20-8-6-2)28(18-17-27-30(36)25-15-11-12-16-26(25)34-27)35(22(3)4)31-29(32)24-14-10-9-13-23(24)21-33-31/h9-18,21-22,25H,5-8,19-20H2,1-4H3/b27-17-,28-18+. The Bertz CT molecular complexity index is 1320. The number of hydrogen-bond acceptors (Lipinski definition) is 4. The van der Waals surface area contributed by atoms with E-state index in [4.69, 9.17) is 9.98 Å². The molecule has 1 aliphatic carbocycles. The number of allylic oxidation sites excluding steroid dienone is 8. The van der Waals surface area contributed by atoms with Crippen LogP contribution >= 0.6 is 0 Å². The molecule has 4 nitrogen and oxygen atoms in total. The Morgan fingerprint density at radius 3 is 2.50 bits per heavy atom. The minimum absolute atomic E-state index is 0.0883. The van der Waals surface area contributed by atoms with Gasteiger partial charge in [-0.3, -0.25) is 4.79 Å². The van der Waals surface area contributed by atoms with Crippen molar-refractivity contribution < 1.29 is 4.79 Å². The number of carbonyl (C=O) groups excluding carboxylic acids is 1. The summed E-state index contributed by atoms with van der Waals surface area (Å²) < 4.78 is 0. The first-order valence-electron chi connectivity index (χ1n) is 13.6. The number of anilines is 1. The molecular formula is C32H37N3O. The Morgan fingerprint density at radius 2 is 1.81 bits per heavy atom. The fourth-order valence-corrected chi connectivity index (χ4v) is 6.12. The zero-order valence-electron chi connectivity index (χ0n) is 22.0. The predicted molar refractivity (Wildman–Crippen MR) is 150 cm³/mol. The summed E-state index contributed by atoms with van der Waals surface area (Å²) in [5, 5.41) is 2.49. The van der Waals surface area contributed by atoms with E-state index in [9.17, 15) is 4.79 Å². The summed E-state index contributed by atoms with van der Waals surface area (Å²) in [7, 11) is 0. The molecule has 1 aromatic carbocycles. The molecule has 1 unspecified atom stereocenters. The lowest BCUT2D eigenvalue weighted by Gasteiger charge is -2.35.